The number of aromatic nitrogens is 1. The molecule has 2 N–H and O–H groups in total. The predicted octanol–water partition coefficient (Wildman–Crippen LogP) is 3.60. The number of nitrogens with zero attached hydrogens (tertiary/aromatic N) is 1. The molecule has 2 nitrogen and oxygen atoms in total. The van der Waals surface area contributed by atoms with Gasteiger partial charge in [-0.25, -0.2) is 0 Å². The number of pyridine rings is 1. The number of nitrogens with two attached hydrogens (primary N) is 1. The van der Waals surface area contributed by atoms with Crippen LogP contribution in [0.25, 0.3) is 10.8 Å². The van der Waals surface area contributed by atoms with E-state index < -0.39 is 0 Å². The highest BCUT2D eigenvalue weighted by Gasteiger charge is 2.47. The molecular weight excluding hydrogens is 220 g/mol. The highest BCUT2D eigenvalue weighted by atomic mass is 14.8. The molecule has 2 heteroatoms. The number of hydrogen-bond donors (Lipinski definition) is 1. The molecule has 0 amide bonds. The van der Waals surface area contributed by atoms with Crippen LogP contribution in [0.3, 0.4) is 0 Å². The van der Waals surface area contributed by atoms with Crippen LogP contribution in [0.4, 0.5) is 0 Å². The van der Waals surface area contributed by atoms with E-state index >= 15 is 0 Å². The zero-order chi connectivity index (χ0) is 12.8. The lowest BCUT2D eigenvalue weighted by atomic mass is 9.71. The van der Waals surface area contributed by atoms with Gasteiger partial charge in [0.25, 0.3) is 0 Å². The molecule has 1 aliphatic rings. The molecule has 1 saturated carbocycles. The van der Waals surface area contributed by atoms with Crippen molar-refractivity contribution in [2.24, 2.45) is 11.1 Å². The molecule has 0 spiro atoms. The smallest absolute Gasteiger partial charge is 0.0482 e. The van der Waals surface area contributed by atoms with E-state index in [2.05, 4.69) is 43.1 Å². The van der Waals surface area contributed by atoms with Gasteiger partial charge in [-0.2, -0.15) is 0 Å². The molecule has 18 heavy (non-hydrogen) atoms. The molecule has 94 valence electrons. The second-order valence-corrected chi connectivity index (χ2v) is 6.12. The van der Waals surface area contributed by atoms with E-state index in [0.29, 0.717) is 0 Å². The van der Waals surface area contributed by atoms with Crippen LogP contribution in [-0.2, 0) is 5.54 Å². The van der Waals surface area contributed by atoms with Gasteiger partial charge in [0.2, 0.25) is 0 Å². The van der Waals surface area contributed by atoms with Crippen LogP contribution in [0.15, 0.2) is 36.7 Å². The molecule has 1 aromatic heterocycles. The Hall–Kier alpha value is -1.41. The number of benzene rings is 1. The van der Waals surface area contributed by atoms with Crippen molar-refractivity contribution < 1.29 is 0 Å². The SMILES string of the molecule is CC1(C)CCCC1(N)c1cncc2ccccc12. The van der Waals surface area contributed by atoms with Crippen molar-refractivity contribution in [1.82, 2.24) is 4.98 Å². The molecule has 0 radical (unpaired) electrons. The average Bonchev–Trinajstić information content (AvgIpc) is 2.64. The van der Waals surface area contributed by atoms with Crippen molar-refractivity contribution in [3.8, 4) is 0 Å². The van der Waals surface area contributed by atoms with Crippen molar-refractivity contribution in [1.29, 1.82) is 0 Å². The van der Waals surface area contributed by atoms with Crippen LogP contribution >= 0.6 is 0 Å². The second kappa shape index (κ2) is 3.79. The zero-order valence-electron chi connectivity index (χ0n) is 11.1. The molecule has 0 aliphatic heterocycles. The van der Waals surface area contributed by atoms with Gasteiger partial charge in [0.15, 0.2) is 0 Å². The predicted molar refractivity (Wildman–Crippen MR) is 75.2 cm³/mol. The van der Waals surface area contributed by atoms with Crippen LogP contribution in [0.1, 0.15) is 38.7 Å². The highest BCUT2D eigenvalue weighted by molar-refractivity contribution is 5.85. The van der Waals surface area contributed by atoms with Crippen molar-refractivity contribution in [2.75, 3.05) is 0 Å². The maximum absolute atomic E-state index is 6.78. The largest absolute Gasteiger partial charge is 0.321 e. The van der Waals surface area contributed by atoms with E-state index in [1.54, 1.807) is 0 Å². The van der Waals surface area contributed by atoms with E-state index in [1.807, 2.05) is 12.4 Å². The van der Waals surface area contributed by atoms with Gasteiger partial charge in [0.05, 0.1) is 0 Å². The third-order valence-corrected chi connectivity index (χ3v) is 4.73. The Balaban J connectivity index is 2.26. The lowest BCUT2D eigenvalue weighted by Gasteiger charge is -2.39. The van der Waals surface area contributed by atoms with Gasteiger partial charge in [-0.15, -0.1) is 0 Å². The van der Waals surface area contributed by atoms with Gasteiger partial charge in [-0.3, -0.25) is 4.98 Å². The molecule has 3 rings (SSSR count). The van der Waals surface area contributed by atoms with E-state index in [0.717, 1.165) is 6.42 Å². The summed E-state index contributed by atoms with van der Waals surface area (Å²) in [5, 5.41) is 2.44. The third-order valence-electron chi connectivity index (χ3n) is 4.73. The molecule has 1 heterocycles. The molecule has 0 bridgehead atoms. The Morgan fingerprint density at radius 2 is 1.89 bits per heavy atom. The minimum Gasteiger partial charge on any atom is -0.321 e. The van der Waals surface area contributed by atoms with E-state index in [4.69, 9.17) is 5.73 Å². The van der Waals surface area contributed by atoms with E-state index in [9.17, 15) is 0 Å². The van der Waals surface area contributed by atoms with E-state index in [1.165, 1.54) is 29.2 Å². The molecule has 1 aromatic carbocycles. The van der Waals surface area contributed by atoms with Gasteiger partial charge in [0, 0.05) is 23.3 Å². The fourth-order valence-electron chi connectivity index (χ4n) is 3.34. The maximum atomic E-state index is 6.78. The summed E-state index contributed by atoms with van der Waals surface area (Å²) in [7, 11) is 0. The number of fused-ring (bicyclic) bond motifs is 1. The summed E-state index contributed by atoms with van der Waals surface area (Å²) in [5.41, 5.74) is 7.88. The van der Waals surface area contributed by atoms with Gasteiger partial charge in [-0.1, -0.05) is 44.5 Å². The molecule has 1 fully saturated rings. The first-order valence-corrected chi connectivity index (χ1v) is 6.67. The van der Waals surface area contributed by atoms with Crippen molar-refractivity contribution in [2.45, 2.75) is 38.6 Å². The number of hydrogen-bond acceptors (Lipinski definition) is 2. The lowest BCUT2D eigenvalue weighted by Crippen LogP contribution is -2.45. The van der Waals surface area contributed by atoms with Crippen molar-refractivity contribution in [3.05, 3.63) is 42.2 Å². The van der Waals surface area contributed by atoms with Crippen LogP contribution in [0.5, 0.6) is 0 Å². The minimum absolute atomic E-state index is 0.138. The quantitative estimate of drug-likeness (QED) is 0.827. The topological polar surface area (TPSA) is 38.9 Å². The standard InChI is InChI=1S/C16H20N2/c1-15(2)8-5-9-16(15,17)14-11-18-10-12-6-3-4-7-13(12)14/h3-4,6-7,10-11H,5,8-9,17H2,1-2H3. The Kier molecular flexibility index (Phi) is 2.46. The Morgan fingerprint density at radius 3 is 2.61 bits per heavy atom. The second-order valence-electron chi connectivity index (χ2n) is 6.12. The van der Waals surface area contributed by atoms with Crippen molar-refractivity contribution >= 4 is 10.8 Å². The molecular formula is C16H20N2. The van der Waals surface area contributed by atoms with Gasteiger partial charge < -0.3 is 5.73 Å². The first kappa shape index (κ1) is 11.7. The summed E-state index contributed by atoms with van der Waals surface area (Å²) in [6, 6.07) is 8.40. The molecule has 1 unspecified atom stereocenters. The lowest BCUT2D eigenvalue weighted by molar-refractivity contribution is 0.211. The molecule has 0 saturated heterocycles. The minimum atomic E-state index is -0.249. The van der Waals surface area contributed by atoms with Gasteiger partial charge >= 0.3 is 0 Å². The monoisotopic (exact) mass is 240 g/mol. The molecule has 1 atom stereocenters. The molecule has 2 aromatic rings. The van der Waals surface area contributed by atoms with Crippen LogP contribution in [-0.4, -0.2) is 4.98 Å². The Morgan fingerprint density at radius 1 is 1.11 bits per heavy atom. The Labute approximate surface area is 108 Å². The average molecular weight is 240 g/mol. The first-order valence-electron chi connectivity index (χ1n) is 6.67. The summed E-state index contributed by atoms with van der Waals surface area (Å²) < 4.78 is 0. The summed E-state index contributed by atoms with van der Waals surface area (Å²) >= 11 is 0. The fourth-order valence-corrected chi connectivity index (χ4v) is 3.34. The van der Waals surface area contributed by atoms with Crippen LogP contribution in [0.2, 0.25) is 0 Å². The van der Waals surface area contributed by atoms with Crippen LogP contribution < -0.4 is 5.73 Å². The summed E-state index contributed by atoms with van der Waals surface area (Å²) in [6.07, 6.45) is 7.33. The highest BCUT2D eigenvalue weighted by Crippen LogP contribution is 2.51. The first-order chi connectivity index (χ1) is 8.55. The van der Waals surface area contributed by atoms with E-state index in [-0.39, 0.29) is 11.0 Å². The van der Waals surface area contributed by atoms with Gasteiger partial charge in [0.1, 0.15) is 0 Å². The normalized spacial score (nSPS) is 26.6. The summed E-state index contributed by atoms with van der Waals surface area (Å²) in [6.45, 7) is 4.56. The zero-order valence-corrected chi connectivity index (χ0v) is 11.1. The summed E-state index contributed by atoms with van der Waals surface area (Å²) in [5.74, 6) is 0. The van der Waals surface area contributed by atoms with Crippen LogP contribution in [0, 0.1) is 5.41 Å². The Bertz CT molecular complexity index is 583. The third kappa shape index (κ3) is 1.49. The fraction of sp³-hybridized carbons (Fsp3) is 0.438. The summed E-state index contributed by atoms with van der Waals surface area (Å²) in [4.78, 5) is 4.39. The molecule has 1 aliphatic carbocycles. The van der Waals surface area contributed by atoms with Crippen molar-refractivity contribution in [3.63, 3.8) is 0 Å². The maximum Gasteiger partial charge on any atom is 0.0482 e. The van der Waals surface area contributed by atoms with Gasteiger partial charge in [-0.05, 0) is 29.2 Å². The number of rotatable bonds is 1.